The molecule has 1 aromatic rings. The van der Waals surface area contributed by atoms with Gasteiger partial charge in [-0.2, -0.15) is 0 Å². The lowest BCUT2D eigenvalue weighted by Crippen LogP contribution is -2.30. The summed E-state index contributed by atoms with van der Waals surface area (Å²) in [7, 11) is 0. The minimum absolute atomic E-state index is 0.415. The summed E-state index contributed by atoms with van der Waals surface area (Å²) >= 11 is 4.97. The van der Waals surface area contributed by atoms with Crippen LogP contribution in [0.1, 0.15) is 38.2 Å². The van der Waals surface area contributed by atoms with E-state index in [1.807, 2.05) is 24.3 Å². The van der Waals surface area contributed by atoms with Crippen LogP contribution >= 0.6 is 12.2 Å². The molecular weight excluding hydrogens is 268 g/mol. The van der Waals surface area contributed by atoms with E-state index in [0.717, 1.165) is 36.9 Å². The first kappa shape index (κ1) is 15.3. The highest BCUT2D eigenvalue weighted by atomic mass is 32.1. The number of ether oxygens (including phenoxy) is 1. The molecule has 1 fully saturated rings. The second-order valence-corrected chi connectivity index (χ2v) is 5.77. The Bertz CT molecular complexity index is 450. The molecule has 0 radical (unpaired) electrons. The first-order chi connectivity index (χ1) is 9.70. The molecule has 1 aliphatic heterocycles. The molecule has 1 saturated heterocycles. The number of hydrogen-bond donors (Lipinski definition) is 1. The van der Waals surface area contributed by atoms with E-state index in [-0.39, 0.29) is 0 Å². The number of likely N-dealkylation sites (tertiary alicyclic amines) is 1. The van der Waals surface area contributed by atoms with Gasteiger partial charge in [-0.25, -0.2) is 0 Å². The van der Waals surface area contributed by atoms with Crippen molar-refractivity contribution in [1.29, 1.82) is 0 Å². The lowest BCUT2D eigenvalue weighted by molar-refractivity contribution is 0.217. The largest absolute Gasteiger partial charge is 0.494 e. The average molecular weight is 292 g/mol. The van der Waals surface area contributed by atoms with Crippen molar-refractivity contribution in [2.75, 3.05) is 19.7 Å². The fraction of sp³-hybridized carbons (Fsp3) is 0.562. The van der Waals surface area contributed by atoms with Crippen LogP contribution in [0.5, 0.6) is 5.75 Å². The Morgan fingerprint density at radius 3 is 3.10 bits per heavy atom. The molecule has 0 spiro atoms. The number of rotatable bonds is 7. The molecule has 0 aromatic heterocycles. The Morgan fingerprint density at radius 2 is 2.35 bits per heavy atom. The van der Waals surface area contributed by atoms with E-state index >= 15 is 0 Å². The highest BCUT2D eigenvalue weighted by Gasteiger charge is 2.21. The van der Waals surface area contributed by atoms with Gasteiger partial charge in [-0.3, -0.25) is 0 Å². The monoisotopic (exact) mass is 292 g/mol. The van der Waals surface area contributed by atoms with Gasteiger partial charge in [0.15, 0.2) is 0 Å². The van der Waals surface area contributed by atoms with E-state index in [1.165, 1.54) is 25.8 Å². The summed E-state index contributed by atoms with van der Waals surface area (Å²) in [5, 5.41) is 0. The minimum atomic E-state index is 0.415. The maximum Gasteiger partial charge on any atom is 0.119 e. The van der Waals surface area contributed by atoms with Crippen molar-refractivity contribution < 1.29 is 4.74 Å². The first-order valence-electron chi connectivity index (χ1n) is 7.47. The highest BCUT2D eigenvalue weighted by Crippen LogP contribution is 2.20. The predicted molar refractivity (Wildman–Crippen MR) is 87.3 cm³/mol. The van der Waals surface area contributed by atoms with Gasteiger partial charge in [-0.15, -0.1) is 0 Å². The van der Waals surface area contributed by atoms with Crippen LogP contribution in [-0.4, -0.2) is 35.6 Å². The Morgan fingerprint density at radius 1 is 1.50 bits per heavy atom. The zero-order valence-corrected chi connectivity index (χ0v) is 13.0. The fourth-order valence-electron chi connectivity index (χ4n) is 2.85. The molecule has 1 atom stereocenters. The van der Waals surface area contributed by atoms with Crippen molar-refractivity contribution in [3.63, 3.8) is 0 Å². The van der Waals surface area contributed by atoms with Gasteiger partial charge in [0, 0.05) is 18.2 Å². The van der Waals surface area contributed by atoms with Crippen molar-refractivity contribution in [1.82, 2.24) is 4.90 Å². The summed E-state index contributed by atoms with van der Waals surface area (Å²) in [5.41, 5.74) is 6.48. The Labute approximate surface area is 127 Å². The molecule has 0 saturated carbocycles. The molecule has 4 heteroatoms. The summed E-state index contributed by atoms with van der Waals surface area (Å²) in [6, 6.07) is 8.48. The van der Waals surface area contributed by atoms with Gasteiger partial charge in [-0.1, -0.05) is 31.3 Å². The van der Waals surface area contributed by atoms with Crippen LogP contribution in [0.15, 0.2) is 24.3 Å². The van der Waals surface area contributed by atoms with E-state index in [9.17, 15) is 0 Å². The van der Waals surface area contributed by atoms with Crippen molar-refractivity contribution in [2.45, 2.75) is 38.6 Å². The molecule has 0 amide bonds. The summed E-state index contributed by atoms with van der Waals surface area (Å²) in [4.78, 5) is 3.01. The van der Waals surface area contributed by atoms with Crippen LogP contribution < -0.4 is 10.5 Å². The van der Waals surface area contributed by atoms with Crippen molar-refractivity contribution in [2.24, 2.45) is 5.73 Å². The molecule has 2 N–H and O–H groups in total. The standard InChI is InChI=1S/C16H24N2OS/c1-2-14-7-4-9-18(14)10-5-11-19-15-8-3-6-13(12-15)16(17)20/h3,6,8,12,14H,2,4-5,7,9-11H2,1H3,(H2,17,20). The van der Waals surface area contributed by atoms with Crippen LogP contribution in [-0.2, 0) is 0 Å². The van der Waals surface area contributed by atoms with Gasteiger partial charge < -0.3 is 15.4 Å². The molecule has 110 valence electrons. The molecule has 0 bridgehead atoms. The quantitative estimate of drug-likeness (QED) is 0.619. The van der Waals surface area contributed by atoms with E-state index < -0.39 is 0 Å². The van der Waals surface area contributed by atoms with Crippen LogP contribution in [0.4, 0.5) is 0 Å². The maximum atomic E-state index is 5.78. The zero-order valence-electron chi connectivity index (χ0n) is 12.2. The van der Waals surface area contributed by atoms with Crippen LogP contribution in [0.2, 0.25) is 0 Å². The molecule has 1 aromatic carbocycles. The highest BCUT2D eigenvalue weighted by molar-refractivity contribution is 7.80. The summed E-state index contributed by atoms with van der Waals surface area (Å²) in [6.45, 7) is 5.40. The second-order valence-electron chi connectivity index (χ2n) is 5.33. The normalized spacial score (nSPS) is 19.1. The SMILES string of the molecule is CCC1CCCN1CCCOc1cccc(C(N)=S)c1. The van der Waals surface area contributed by atoms with Crippen LogP contribution in [0, 0.1) is 0 Å². The molecule has 1 heterocycles. The molecule has 1 aliphatic rings. The summed E-state index contributed by atoms with van der Waals surface area (Å²) < 4.78 is 5.78. The summed E-state index contributed by atoms with van der Waals surface area (Å²) in [5.74, 6) is 0.851. The van der Waals surface area contributed by atoms with Gasteiger partial charge in [0.1, 0.15) is 10.7 Å². The van der Waals surface area contributed by atoms with Gasteiger partial charge in [0.25, 0.3) is 0 Å². The van der Waals surface area contributed by atoms with E-state index in [2.05, 4.69) is 11.8 Å². The van der Waals surface area contributed by atoms with Crippen LogP contribution in [0.3, 0.4) is 0 Å². The zero-order chi connectivity index (χ0) is 14.4. The van der Waals surface area contributed by atoms with Gasteiger partial charge in [-0.05, 0) is 44.4 Å². The number of nitrogens with zero attached hydrogens (tertiary/aromatic N) is 1. The lowest BCUT2D eigenvalue weighted by Gasteiger charge is -2.23. The second kappa shape index (κ2) is 7.60. The molecule has 0 aliphatic carbocycles. The smallest absolute Gasteiger partial charge is 0.119 e. The maximum absolute atomic E-state index is 5.78. The van der Waals surface area contributed by atoms with Gasteiger partial charge in [0.05, 0.1) is 6.61 Å². The molecular formula is C16H24N2OS. The van der Waals surface area contributed by atoms with E-state index in [0.29, 0.717) is 4.99 Å². The number of hydrogen-bond acceptors (Lipinski definition) is 3. The Kier molecular flexibility index (Phi) is 5.80. The molecule has 1 unspecified atom stereocenters. The number of benzene rings is 1. The van der Waals surface area contributed by atoms with E-state index in [4.69, 9.17) is 22.7 Å². The third kappa shape index (κ3) is 4.18. The topological polar surface area (TPSA) is 38.5 Å². The summed E-state index contributed by atoms with van der Waals surface area (Å²) in [6.07, 6.45) is 5.02. The average Bonchev–Trinajstić information content (AvgIpc) is 2.91. The molecule has 3 nitrogen and oxygen atoms in total. The van der Waals surface area contributed by atoms with Gasteiger partial charge >= 0.3 is 0 Å². The van der Waals surface area contributed by atoms with Crippen LogP contribution in [0.25, 0.3) is 0 Å². The van der Waals surface area contributed by atoms with Crippen molar-refractivity contribution in [3.05, 3.63) is 29.8 Å². The predicted octanol–water partition coefficient (Wildman–Crippen LogP) is 2.96. The lowest BCUT2D eigenvalue weighted by atomic mass is 10.2. The Balaban J connectivity index is 1.73. The van der Waals surface area contributed by atoms with E-state index in [1.54, 1.807) is 0 Å². The minimum Gasteiger partial charge on any atom is -0.494 e. The van der Waals surface area contributed by atoms with Crippen molar-refractivity contribution >= 4 is 17.2 Å². The fourth-order valence-corrected chi connectivity index (χ4v) is 2.98. The number of thiocarbonyl (C=S) groups is 1. The number of nitrogens with two attached hydrogens (primary N) is 1. The molecule has 2 rings (SSSR count). The van der Waals surface area contributed by atoms with Gasteiger partial charge in [0.2, 0.25) is 0 Å². The Hall–Kier alpha value is -1.13. The molecule has 20 heavy (non-hydrogen) atoms. The third-order valence-electron chi connectivity index (χ3n) is 3.95. The first-order valence-corrected chi connectivity index (χ1v) is 7.88. The van der Waals surface area contributed by atoms with Crippen molar-refractivity contribution in [3.8, 4) is 5.75 Å². The third-order valence-corrected chi connectivity index (χ3v) is 4.18.